The average Bonchev–Trinajstić information content (AvgIpc) is 2.93. The van der Waals surface area contributed by atoms with E-state index in [-0.39, 0.29) is 38.9 Å². The lowest BCUT2D eigenvalue weighted by Crippen LogP contribution is -2.60. The molecule has 0 radical (unpaired) electrons. The molecule has 0 saturated carbocycles. The Morgan fingerprint density at radius 2 is 1.21 bits per heavy atom. The van der Waals surface area contributed by atoms with Gasteiger partial charge >= 0.3 is 0 Å². The number of unbranched alkanes of at least 4 members (excludes halogenated alkanes) is 1. The van der Waals surface area contributed by atoms with E-state index in [1.165, 1.54) is 77.0 Å². The number of hydrogen-bond donors (Lipinski definition) is 1. The second-order valence-electron chi connectivity index (χ2n) is 21.0. The first-order chi connectivity index (χ1) is 21.3. The summed E-state index contributed by atoms with van der Waals surface area (Å²) < 4.78 is 0. The lowest BCUT2D eigenvalue weighted by atomic mass is 9.57. The zero-order chi connectivity index (χ0) is 36.3. The number of likely N-dealkylation sites (tertiary alicyclic amines) is 2. The van der Waals surface area contributed by atoms with Crippen molar-refractivity contribution in [2.24, 2.45) is 34.0 Å². The van der Waals surface area contributed by atoms with Gasteiger partial charge in [-0.25, -0.2) is 0 Å². The highest BCUT2D eigenvalue weighted by molar-refractivity contribution is 5.58. The van der Waals surface area contributed by atoms with E-state index >= 15 is 0 Å². The van der Waals surface area contributed by atoms with Gasteiger partial charge in [-0.1, -0.05) is 85.8 Å². The Bertz CT molecular complexity index is 985. The van der Waals surface area contributed by atoms with Crippen LogP contribution >= 0.6 is 0 Å². The predicted molar refractivity (Wildman–Crippen MR) is 211 cm³/mol. The van der Waals surface area contributed by atoms with E-state index in [0.717, 1.165) is 24.7 Å². The van der Waals surface area contributed by atoms with Crippen molar-refractivity contribution in [2.75, 3.05) is 14.1 Å². The van der Waals surface area contributed by atoms with E-state index in [0.29, 0.717) is 5.41 Å². The van der Waals surface area contributed by atoms with Gasteiger partial charge in [0, 0.05) is 28.1 Å². The van der Waals surface area contributed by atoms with Crippen molar-refractivity contribution in [1.82, 2.24) is 9.80 Å². The fourth-order valence-corrected chi connectivity index (χ4v) is 10.1. The van der Waals surface area contributed by atoms with E-state index in [2.05, 4.69) is 134 Å². The van der Waals surface area contributed by atoms with Crippen LogP contribution in [0, 0.1) is 39.4 Å². The molecule has 3 heteroatoms. The first-order valence-corrected chi connectivity index (χ1v) is 20.0. The molecule has 0 spiro atoms. The summed E-state index contributed by atoms with van der Waals surface area (Å²) >= 11 is 0. The molecule has 2 atom stereocenters. The van der Waals surface area contributed by atoms with Crippen LogP contribution in [0.15, 0.2) is 11.6 Å². The summed E-state index contributed by atoms with van der Waals surface area (Å²) in [6.07, 6.45) is 22.5. The molecule has 0 aliphatic carbocycles. The van der Waals surface area contributed by atoms with Gasteiger partial charge in [0.1, 0.15) is 0 Å². The van der Waals surface area contributed by atoms with Gasteiger partial charge in [0.05, 0.1) is 0 Å². The standard InChI is InChI=1S/C44H85N3/c1-18-20-25-44(37-31-42(12,13)47(17)43(14,15)32-37,26-21-23-34-29-40(8,9)46(16)41(10,11)30-34)27-22-24-35(39(6,7)19-2)28-36(33-45)38(3,4)5/h24,33-34,36-37,45H,18-23,25-32H2,1-17H3/b35-24+,45-33?. The van der Waals surface area contributed by atoms with E-state index in [4.69, 9.17) is 5.41 Å². The Kier molecular flexibility index (Phi) is 14.2. The minimum absolute atomic E-state index is 0.109. The fraction of sp³-hybridized carbons (Fsp3) is 0.932. The van der Waals surface area contributed by atoms with Gasteiger partial charge in [-0.2, -0.15) is 0 Å². The number of nitrogens with one attached hydrogen (secondary N) is 1. The molecule has 0 aromatic carbocycles. The zero-order valence-electron chi connectivity index (χ0n) is 35.2. The highest BCUT2D eigenvalue weighted by atomic mass is 15.2. The lowest BCUT2D eigenvalue weighted by Gasteiger charge is -2.58. The third-order valence-electron chi connectivity index (χ3n) is 14.4. The van der Waals surface area contributed by atoms with Gasteiger partial charge in [0.15, 0.2) is 0 Å². The maximum absolute atomic E-state index is 8.31. The molecule has 2 saturated heterocycles. The molecule has 1 N–H and O–H groups in total. The van der Waals surface area contributed by atoms with Crippen LogP contribution in [0.2, 0.25) is 0 Å². The van der Waals surface area contributed by atoms with Crippen molar-refractivity contribution in [2.45, 2.75) is 216 Å². The molecule has 0 aromatic rings. The highest BCUT2D eigenvalue weighted by Gasteiger charge is 2.50. The van der Waals surface area contributed by atoms with E-state index in [1.54, 1.807) is 11.8 Å². The van der Waals surface area contributed by atoms with E-state index in [9.17, 15) is 0 Å². The van der Waals surface area contributed by atoms with Crippen molar-refractivity contribution in [1.29, 1.82) is 5.41 Å². The van der Waals surface area contributed by atoms with Crippen LogP contribution in [0.3, 0.4) is 0 Å². The van der Waals surface area contributed by atoms with Gasteiger partial charge in [-0.3, -0.25) is 9.80 Å². The topological polar surface area (TPSA) is 30.3 Å². The number of piperidine rings is 2. The largest absolute Gasteiger partial charge is 0.313 e. The van der Waals surface area contributed by atoms with Gasteiger partial charge in [0.2, 0.25) is 0 Å². The molecule has 2 fully saturated rings. The second-order valence-corrected chi connectivity index (χ2v) is 21.0. The van der Waals surface area contributed by atoms with Gasteiger partial charge < -0.3 is 5.41 Å². The molecule has 0 bridgehead atoms. The van der Waals surface area contributed by atoms with Gasteiger partial charge in [0.25, 0.3) is 0 Å². The molecule has 2 aliphatic rings. The molecule has 47 heavy (non-hydrogen) atoms. The average molecular weight is 656 g/mol. The molecule has 2 rings (SSSR count). The zero-order valence-corrected chi connectivity index (χ0v) is 35.2. The van der Waals surface area contributed by atoms with Crippen molar-refractivity contribution >= 4 is 6.21 Å². The summed E-state index contributed by atoms with van der Waals surface area (Å²) in [5.74, 6) is 1.85. The normalized spacial score (nSPS) is 25.0. The number of rotatable bonds is 16. The first kappa shape index (κ1) is 42.5. The predicted octanol–water partition coefficient (Wildman–Crippen LogP) is 13.0. The maximum Gasteiger partial charge on any atom is 0.0158 e. The Hall–Kier alpha value is -0.670. The van der Waals surface area contributed by atoms with Crippen molar-refractivity contribution in [3.05, 3.63) is 11.6 Å². The maximum atomic E-state index is 8.31. The summed E-state index contributed by atoms with van der Waals surface area (Å²) in [5, 5.41) is 8.31. The highest BCUT2D eigenvalue weighted by Crippen LogP contribution is 2.54. The quantitative estimate of drug-likeness (QED) is 0.132. The minimum atomic E-state index is 0.109. The number of hydrogen-bond acceptors (Lipinski definition) is 3. The molecule has 2 unspecified atom stereocenters. The van der Waals surface area contributed by atoms with Gasteiger partial charge in [-0.15, -0.1) is 0 Å². The lowest BCUT2D eigenvalue weighted by molar-refractivity contribution is -0.0767. The Morgan fingerprint density at radius 3 is 1.64 bits per heavy atom. The van der Waals surface area contributed by atoms with E-state index < -0.39 is 0 Å². The Labute approximate surface area is 296 Å². The third kappa shape index (κ3) is 10.7. The summed E-state index contributed by atoms with van der Waals surface area (Å²) in [4.78, 5) is 5.34. The van der Waals surface area contributed by atoms with Crippen LogP contribution in [0.25, 0.3) is 0 Å². The molecule has 276 valence electrons. The Morgan fingerprint density at radius 1 is 0.745 bits per heavy atom. The molecule has 0 aromatic heterocycles. The van der Waals surface area contributed by atoms with Gasteiger partial charge in [-0.05, 0) is 168 Å². The van der Waals surface area contributed by atoms with Crippen LogP contribution in [0.5, 0.6) is 0 Å². The molecule has 0 amide bonds. The third-order valence-corrected chi connectivity index (χ3v) is 14.4. The van der Waals surface area contributed by atoms with E-state index in [1.807, 2.05) is 0 Å². The van der Waals surface area contributed by atoms with Crippen LogP contribution in [0.1, 0.15) is 194 Å². The minimum Gasteiger partial charge on any atom is -0.313 e. The summed E-state index contributed by atoms with van der Waals surface area (Å²) in [6, 6.07) is 0. The van der Waals surface area contributed by atoms with Crippen LogP contribution in [0.4, 0.5) is 0 Å². The van der Waals surface area contributed by atoms with Crippen molar-refractivity contribution in [3.63, 3.8) is 0 Å². The number of nitrogens with zero attached hydrogens (tertiary/aromatic N) is 2. The summed E-state index contributed by atoms with van der Waals surface area (Å²) in [6.45, 7) is 36.5. The SMILES string of the molecule is CCCCC(CC/C=C(\CC(C=N)C(C)(C)C)C(C)(C)CC)(CCCC1CC(C)(C)N(C)C(C)(C)C1)C1CC(C)(C)N(C)C(C)(C)C1. The monoisotopic (exact) mass is 656 g/mol. The Balaban J connectivity index is 2.50. The van der Waals surface area contributed by atoms with Crippen molar-refractivity contribution in [3.8, 4) is 0 Å². The first-order valence-electron chi connectivity index (χ1n) is 20.0. The summed E-state index contributed by atoms with van der Waals surface area (Å²) in [7, 11) is 4.73. The van der Waals surface area contributed by atoms with Crippen LogP contribution < -0.4 is 0 Å². The number of allylic oxidation sites excluding steroid dienone is 2. The molecule has 2 aliphatic heterocycles. The van der Waals surface area contributed by atoms with Crippen LogP contribution in [-0.4, -0.2) is 52.3 Å². The smallest absolute Gasteiger partial charge is 0.0158 e. The van der Waals surface area contributed by atoms with Crippen molar-refractivity contribution < 1.29 is 0 Å². The summed E-state index contributed by atoms with van der Waals surface area (Å²) in [5.41, 5.74) is 3.20. The van der Waals surface area contributed by atoms with Crippen LogP contribution in [-0.2, 0) is 0 Å². The molecular weight excluding hydrogens is 571 g/mol. The molecular formula is C44H85N3. The fourth-order valence-electron chi connectivity index (χ4n) is 10.1. The molecule has 3 nitrogen and oxygen atoms in total. The molecule has 2 heterocycles. The second kappa shape index (κ2) is 15.7.